The molecule has 0 aliphatic carbocycles. The van der Waals surface area contributed by atoms with E-state index in [1.165, 1.54) is 32.6 Å². The Morgan fingerprint density at radius 3 is 1.63 bits per heavy atom. The van der Waals surface area contributed by atoms with Crippen LogP contribution in [0.4, 0.5) is 10.2 Å². The minimum atomic E-state index is -2.83. The van der Waals surface area contributed by atoms with Gasteiger partial charge in [-0.2, -0.15) is 0 Å². The second-order valence-electron chi connectivity index (χ2n) is 16.4. The van der Waals surface area contributed by atoms with E-state index in [0.717, 1.165) is 64.4 Å². The Balaban J connectivity index is 0. The number of aromatic nitrogens is 14. The summed E-state index contributed by atoms with van der Waals surface area (Å²) in [6, 6.07) is 0. The molecule has 29 nitrogen and oxygen atoms in total. The van der Waals surface area contributed by atoms with Crippen LogP contribution in [-0.4, -0.2) is 109 Å². The molecule has 8 heterocycles. The Morgan fingerprint density at radius 2 is 1.15 bits per heavy atom. The van der Waals surface area contributed by atoms with Crippen molar-refractivity contribution < 1.29 is 156 Å². The van der Waals surface area contributed by atoms with Crippen molar-refractivity contribution in [3.05, 3.63) is 108 Å². The molecule has 0 aromatic carbocycles. The molecule has 0 atom stereocenters. The molecular formula is C48H67ClFK2N15O14. The van der Waals surface area contributed by atoms with Gasteiger partial charge < -0.3 is 39.7 Å². The Bertz CT molecular complexity index is 4320. The molecule has 81 heavy (non-hydrogen) atoms. The van der Waals surface area contributed by atoms with E-state index in [1.54, 1.807) is 20.2 Å². The summed E-state index contributed by atoms with van der Waals surface area (Å²) in [5, 5.41) is 8.43. The summed E-state index contributed by atoms with van der Waals surface area (Å²) in [5.41, 5.74) is -5.28. The predicted molar refractivity (Wildman–Crippen MR) is 291 cm³/mol. The average molecular weight is 1220 g/mol. The first-order chi connectivity index (χ1) is 42.5. The van der Waals surface area contributed by atoms with Crippen LogP contribution in [0.1, 0.15) is 103 Å². The van der Waals surface area contributed by atoms with Crippen molar-refractivity contribution in [1.82, 2.24) is 66.0 Å². The molecule has 1 aliphatic rings. The Morgan fingerprint density at radius 1 is 0.704 bits per heavy atom. The number of unbranched alkanes of at least 4 members (excludes halogenated alkanes) is 2. The van der Waals surface area contributed by atoms with Crippen LogP contribution in [0.3, 0.4) is 0 Å². The van der Waals surface area contributed by atoms with Gasteiger partial charge in [0.05, 0.1) is 33.0 Å². The molecule has 33 heteroatoms. The number of carbonyl (C=O) groups is 4. The molecule has 2 N–H and O–H groups in total. The van der Waals surface area contributed by atoms with Gasteiger partial charge in [-0.1, -0.05) is 0 Å². The molecule has 0 spiro atoms. The average Bonchev–Trinajstić information content (AvgIpc) is 1.64. The number of rotatable bonds is 15. The van der Waals surface area contributed by atoms with Gasteiger partial charge in [-0.3, -0.25) is 65.7 Å². The maximum Gasteiger partial charge on any atom is 1.00 e. The predicted octanol–water partition coefficient (Wildman–Crippen LogP) is -6.20. The number of nitrogens with one attached hydrogen (secondary N) is 2. The summed E-state index contributed by atoms with van der Waals surface area (Å²) in [6.45, 7) is -3.94. The van der Waals surface area contributed by atoms with E-state index < -0.39 is 91.5 Å². The molecule has 0 unspecified atom stereocenters. The van der Waals surface area contributed by atoms with Crippen molar-refractivity contribution >= 4 is 80.9 Å². The molecule has 0 saturated carbocycles. The molecule has 0 radical (unpaired) electrons. The number of aromatic amines is 2. The van der Waals surface area contributed by atoms with Crippen molar-refractivity contribution in [2.75, 3.05) is 13.0 Å². The molecular weight excluding hydrogens is 1140 g/mol. The van der Waals surface area contributed by atoms with Crippen LogP contribution in [0.5, 0.6) is 0 Å². The summed E-state index contributed by atoms with van der Waals surface area (Å²) < 4.78 is 113. The number of carbonyl (C=O) groups excluding carboxylic acids is 4. The molecule has 8 rings (SSSR count). The standard InChI is InChI=1S/2C13H18N4O3.C7H8N4O2.C7H7N3O2.C6H11ClO.CH3F.CH2O3.2K.H/c2*1-9(18)6-4-5-7-17-12(19)10-11(14-8-15(10)2)16(3)13(17)20;1-10-3-8-5-4(10)6(12)9-7(13)11(5)2;1-10-5-4(2-3-8-5)6(11)9-7(10)12;1-6(8)4-2-3-5-7;1-2;2-1-4-3;;;/h2*8H,4-7H2,1-3H3;3H,1-2H3,(H,9,12,13);3H,2H2,1H3,(H,9,11,12);2-5H2,1H3;1H3;1,3H;;;/q;;;;;;;2*+1;-1/p-1/i2D3,6D2,8D;2D3;1D3;;;1D;;;;. The number of alkyl halides is 2. The van der Waals surface area contributed by atoms with E-state index in [-0.39, 0.29) is 182 Å². The molecule has 7 aromatic heterocycles. The second kappa shape index (κ2) is 37.8. The Kier molecular flexibility index (Phi) is 25.6. The van der Waals surface area contributed by atoms with Crippen LogP contribution >= 0.6 is 11.6 Å². The first kappa shape index (κ1) is 55.0. The van der Waals surface area contributed by atoms with Crippen molar-refractivity contribution in [3.63, 3.8) is 0 Å². The molecule has 0 fully saturated rings. The van der Waals surface area contributed by atoms with Crippen LogP contribution in [0.2, 0.25) is 0 Å². The number of hydrogen-bond acceptors (Lipinski definition) is 18. The number of ketones is 3. The monoisotopic (exact) mass is 1220 g/mol. The number of hydrogen-bond donors (Lipinski definition) is 2. The fraction of sp³-hybridized carbons (Fsp3) is 0.500. The summed E-state index contributed by atoms with van der Waals surface area (Å²) in [4.78, 5) is 158. The number of aliphatic imine (C=N–C) groups is 1. The van der Waals surface area contributed by atoms with Crippen LogP contribution in [0, 0.1) is 0 Å². The minimum Gasteiger partial charge on any atom is -1.00 e. The smallest absolute Gasteiger partial charge is 1.00 e. The summed E-state index contributed by atoms with van der Waals surface area (Å²) in [5.74, 6) is 0.792. The van der Waals surface area contributed by atoms with Crippen molar-refractivity contribution in [2.24, 2.45) is 54.1 Å². The van der Waals surface area contributed by atoms with E-state index in [9.17, 15) is 57.1 Å². The van der Waals surface area contributed by atoms with Crippen molar-refractivity contribution in [1.29, 1.82) is 0 Å². The third-order valence-corrected chi connectivity index (χ3v) is 11.0. The third kappa shape index (κ3) is 21.5. The second-order valence-corrected chi connectivity index (χ2v) is 16.8. The van der Waals surface area contributed by atoms with Gasteiger partial charge in [0.2, 0.25) is 0 Å². The van der Waals surface area contributed by atoms with Gasteiger partial charge in [-0.15, -0.1) is 11.6 Å². The molecule has 7 aromatic rings. The number of H-pyrrole nitrogens is 2. The van der Waals surface area contributed by atoms with Gasteiger partial charge in [0.15, 0.2) is 33.5 Å². The van der Waals surface area contributed by atoms with Crippen LogP contribution in [0.15, 0.2) is 62.3 Å². The van der Waals surface area contributed by atoms with Crippen LogP contribution in [-0.2, 0) is 92.7 Å². The Labute approximate surface area is 570 Å². The summed E-state index contributed by atoms with van der Waals surface area (Å²) in [6.07, 6.45) is 5.27. The zero-order chi connectivity index (χ0) is 70.7. The number of fused-ring (bicyclic) bond motifs is 4. The van der Waals surface area contributed by atoms with Gasteiger partial charge in [0.1, 0.15) is 24.5 Å². The van der Waals surface area contributed by atoms with Gasteiger partial charge in [0.25, 0.3) is 28.7 Å². The number of imidazole rings is 3. The van der Waals surface area contributed by atoms with Gasteiger partial charge in [-0.25, -0.2) is 39.1 Å². The van der Waals surface area contributed by atoms with E-state index in [1.807, 2.05) is 4.98 Å². The largest absolute Gasteiger partial charge is 1.00 e. The van der Waals surface area contributed by atoms with E-state index in [4.69, 9.17) is 39.5 Å². The van der Waals surface area contributed by atoms with E-state index in [2.05, 4.69) is 29.8 Å². The van der Waals surface area contributed by atoms with Crippen LogP contribution in [0.25, 0.3) is 33.5 Å². The number of aryl methyl sites for hydroxylation is 6. The normalized spacial score (nSPS) is 13.5. The molecule has 0 saturated heterocycles. The van der Waals surface area contributed by atoms with E-state index >= 15 is 0 Å². The molecule has 1 aliphatic heterocycles. The zero-order valence-electron chi connectivity index (χ0n) is 59.8. The number of halogens is 2. The first-order valence-corrected chi connectivity index (χ1v) is 23.6. The maximum absolute atomic E-state index is 12.7. The minimum absolute atomic E-state index is 0. The van der Waals surface area contributed by atoms with Crippen molar-refractivity contribution in [2.45, 2.75) is 98.0 Å². The topological polar surface area (TPSA) is 364 Å². The zero-order valence-corrected chi connectivity index (χ0v) is 52.8. The number of nitrogens with zero attached hydrogens (tertiary/aromatic N) is 13. The SMILES string of the molecule is CC(=O)CCCCCl.Cn1c2c(c(=O)[nH]c1=O)CC=N2.O=CO[O-].[2H]C([2H])([2H])n1cnc2c1c(=O)[nH]c(=O)n2C.[2H]C([2H])([2H])n1cnc2c1c(=O)n(CCCCC(C)=O)c(=O)n2C.[2H]CF.[2H]c1nc2c(c(=O)n(CCCC([2H])([2H])C(C)=O)c(=O)n2C)n1C([2H])([2H])[2H].[H-].[K+].[K+]. The van der Waals surface area contributed by atoms with Gasteiger partial charge in [-0.05, 0) is 59.3 Å². The summed E-state index contributed by atoms with van der Waals surface area (Å²) in [7, 11) is 4.72. The first-order valence-electron chi connectivity index (χ1n) is 29.8. The molecule has 0 bridgehead atoms. The van der Waals surface area contributed by atoms with Crippen molar-refractivity contribution in [3.8, 4) is 0 Å². The summed E-state index contributed by atoms with van der Waals surface area (Å²) >= 11 is 5.37. The van der Waals surface area contributed by atoms with Gasteiger partial charge >= 0.3 is 126 Å². The quantitative estimate of drug-likeness (QED) is 0.0241. The molecule has 0 amide bonds. The Hall–Kier alpha value is -5.27. The fourth-order valence-corrected chi connectivity index (χ4v) is 7.04. The van der Waals surface area contributed by atoms with E-state index in [0.29, 0.717) is 53.9 Å². The fourth-order valence-electron chi connectivity index (χ4n) is 6.85. The third-order valence-electron chi connectivity index (χ3n) is 10.8. The number of Topliss-reactive ketones (excluding diaryl/α,β-unsaturated/α-hetero) is 3. The van der Waals surface area contributed by atoms with Crippen LogP contribution < -0.4 is 153 Å². The molecule has 434 valence electrons. The van der Waals surface area contributed by atoms with Gasteiger partial charge in [0, 0.05) is 115 Å². The maximum atomic E-state index is 12.7.